The highest BCUT2D eigenvalue weighted by Gasteiger charge is 2.19. The number of rotatable bonds is 4. The molecule has 3 heterocycles. The summed E-state index contributed by atoms with van der Waals surface area (Å²) in [4.78, 5) is 5.04. The van der Waals surface area contributed by atoms with Crippen LogP contribution in [-0.4, -0.2) is 14.1 Å². The molecule has 10 aromatic rings. The zero-order valence-electron chi connectivity index (χ0n) is 25.3. The molecule has 0 aliphatic carbocycles. The highest BCUT2D eigenvalue weighted by Crippen LogP contribution is 2.40. The van der Waals surface area contributed by atoms with Crippen LogP contribution >= 0.6 is 0 Å². The summed E-state index contributed by atoms with van der Waals surface area (Å²) >= 11 is 0. The van der Waals surface area contributed by atoms with Crippen molar-refractivity contribution in [1.82, 2.24) is 14.1 Å². The Morgan fingerprint density at radius 1 is 0.404 bits per heavy atom. The second-order valence-corrected chi connectivity index (χ2v) is 12.0. The summed E-state index contributed by atoms with van der Waals surface area (Å²) in [6.07, 6.45) is 0. The van der Waals surface area contributed by atoms with Crippen molar-refractivity contribution in [2.75, 3.05) is 0 Å². The lowest BCUT2D eigenvalue weighted by atomic mass is 10.0. The van der Waals surface area contributed by atoms with E-state index in [1.165, 1.54) is 5.39 Å². The van der Waals surface area contributed by atoms with E-state index in [1.54, 1.807) is 0 Å². The summed E-state index contributed by atoms with van der Waals surface area (Å²) in [7, 11) is 0. The first-order chi connectivity index (χ1) is 23.3. The average molecular weight is 602 g/mol. The lowest BCUT2D eigenvalue weighted by Crippen LogP contribution is -1.97. The molecule has 0 aliphatic rings. The maximum Gasteiger partial charge on any atom is 0.145 e. The predicted octanol–water partition coefficient (Wildman–Crippen LogP) is 11.4. The Morgan fingerprint density at radius 2 is 1.02 bits per heavy atom. The van der Waals surface area contributed by atoms with Gasteiger partial charge in [-0.15, -0.1) is 0 Å². The van der Waals surface area contributed by atoms with Gasteiger partial charge in [-0.05, 0) is 71.8 Å². The SMILES string of the molecule is c1ccc(-n2c(-c3ccc(-c4ccc(-n5c6ccccc6c6c7oc8ccccc8c7ccc65)cc4)cc3)nc3ccccc32)cc1. The molecule has 0 amide bonds. The summed E-state index contributed by atoms with van der Waals surface area (Å²) in [6, 6.07) is 57.7. The molecule has 0 unspecified atom stereocenters. The van der Waals surface area contributed by atoms with Crippen LogP contribution < -0.4 is 0 Å². The predicted molar refractivity (Wildman–Crippen MR) is 194 cm³/mol. The number of aromatic nitrogens is 3. The molecule has 7 aromatic carbocycles. The van der Waals surface area contributed by atoms with Crippen LogP contribution in [0, 0.1) is 0 Å². The van der Waals surface area contributed by atoms with Crippen LogP contribution in [0.5, 0.6) is 0 Å². The van der Waals surface area contributed by atoms with Crippen molar-refractivity contribution < 1.29 is 4.42 Å². The minimum absolute atomic E-state index is 0.916. The van der Waals surface area contributed by atoms with Crippen molar-refractivity contribution >= 4 is 54.8 Å². The van der Waals surface area contributed by atoms with Crippen molar-refractivity contribution in [2.45, 2.75) is 0 Å². The molecule has 0 saturated heterocycles. The minimum atomic E-state index is 0.916. The van der Waals surface area contributed by atoms with Crippen molar-refractivity contribution in [1.29, 1.82) is 0 Å². The summed E-state index contributed by atoms with van der Waals surface area (Å²) in [5, 5.41) is 4.63. The Morgan fingerprint density at radius 3 is 1.83 bits per heavy atom. The monoisotopic (exact) mass is 601 g/mol. The second-order valence-electron chi connectivity index (χ2n) is 12.0. The number of hydrogen-bond acceptors (Lipinski definition) is 2. The third-order valence-corrected chi connectivity index (χ3v) is 9.36. The van der Waals surface area contributed by atoms with E-state index in [9.17, 15) is 0 Å². The summed E-state index contributed by atoms with van der Waals surface area (Å²) in [6.45, 7) is 0. The van der Waals surface area contributed by atoms with E-state index in [1.807, 2.05) is 24.3 Å². The van der Waals surface area contributed by atoms with Gasteiger partial charge < -0.3 is 8.98 Å². The molecular weight excluding hydrogens is 574 g/mol. The fraction of sp³-hybridized carbons (Fsp3) is 0. The zero-order chi connectivity index (χ0) is 30.9. The van der Waals surface area contributed by atoms with Crippen LogP contribution in [0.1, 0.15) is 0 Å². The molecule has 47 heavy (non-hydrogen) atoms. The summed E-state index contributed by atoms with van der Waals surface area (Å²) in [5.74, 6) is 0.934. The lowest BCUT2D eigenvalue weighted by Gasteiger charge is -2.11. The molecule has 0 radical (unpaired) electrons. The number of para-hydroxylation sites is 5. The third-order valence-electron chi connectivity index (χ3n) is 9.36. The Kier molecular flexibility index (Phi) is 5.54. The molecule has 0 atom stereocenters. The normalized spacial score (nSPS) is 11.8. The first-order valence-electron chi connectivity index (χ1n) is 15.9. The van der Waals surface area contributed by atoms with Gasteiger partial charge in [0.25, 0.3) is 0 Å². The highest BCUT2D eigenvalue weighted by atomic mass is 16.3. The quantitative estimate of drug-likeness (QED) is 0.201. The smallest absolute Gasteiger partial charge is 0.145 e. The van der Waals surface area contributed by atoms with E-state index in [2.05, 4.69) is 149 Å². The van der Waals surface area contributed by atoms with Crippen molar-refractivity contribution in [3.8, 4) is 33.9 Å². The van der Waals surface area contributed by atoms with Gasteiger partial charge in [-0.3, -0.25) is 4.57 Å². The number of fused-ring (bicyclic) bond motifs is 8. The van der Waals surface area contributed by atoms with Crippen LogP contribution in [0.15, 0.2) is 168 Å². The van der Waals surface area contributed by atoms with Crippen molar-refractivity contribution in [3.63, 3.8) is 0 Å². The maximum atomic E-state index is 6.47. The van der Waals surface area contributed by atoms with Crippen LogP contribution in [0.3, 0.4) is 0 Å². The molecule has 0 saturated carbocycles. The van der Waals surface area contributed by atoms with Gasteiger partial charge in [0, 0.05) is 33.1 Å². The average Bonchev–Trinajstić information content (AvgIpc) is 3.82. The van der Waals surface area contributed by atoms with Crippen LogP contribution in [-0.2, 0) is 0 Å². The number of nitrogens with zero attached hydrogens (tertiary/aromatic N) is 3. The van der Waals surface area contributed by atoms with Crippen molar-refractivity contribution in [2.24, 2.45) is 0 Å². The van der Waals surface area contributed by atoms with Crippen LogP contribution in [0.25, 0.3) is 88.7 Å². The van der Waals surface area contributed by atoms with Gasteiger partial charge in [0.1, 0.15) is 17.0 Å². The van der Waals surface area contributed by atoms with Gasteiger partial charge >= 0.3 is 0 Å². The fourth-order valence-electron chi connectivity index (χ4n) is 7.19. The molecule has 3 aromatic heterocycles. The molecule has 0 aliphatic heterocycles. The number of benzene rings is 7. The molecule has 0 bridgehead atoms. The fourth-order valence-corrected chi connectivity index (χ4v) is 7.19. The lowest BCUT2D eigenvalue weighted by molar-refractivity contribution is 0.673. The van der Waals surface area contributed by atoms with Gasteiger partial charge in [-0.1, -0.05) is 103 Å². The molecule has 0 spiro atoms. The van der Waals surface area contributed by atoms with Gasteiger partial charge in [0.15, 0.2) is 0 Å². The standard InChI is InChI=1S/C43H27N3O/c1-2-10-31(11-3-1)46-38-16-8-6-14-36(38)44-43(46)30-20-18-28(19-21-30)29-22-24-32(25-23-29)45-37-15-7-4-13-35(37)41-39(45)27-26-34-33-12-5-9-17-40(33)47-42(34)41/h1-27H. The van der Waals surface area contributed by atoms with Gasteiger partial charge in [0.2, 0.25) is 0 Å². The van der Waals surface area contributed by atoms with E-state index in [0.717, 1.165) is 83.3 Å². The Labute approximate surface area is 270 Å². The third kappa shape index (κ3) is 3.92. The van der Waals surface area contributed by atoms with E-state index < -0.39 is 0 Å². The highest BCUT2D eigenvalue weighted by molar-refractivity contribution is 6.23. The molecule has 4 heteroatoms. The summed E-state index contributed by atoms with van der Waals surface area (Å²) < 4.78 is 11.1. The first-order valence-corrected chi connectivity index (χ1v) is 15.9. The van der Waals surface area contributed by atoms with Crippen LogP contribution in [0.2, 0.25) is 0 Å². The number of imidazole rings is 1. The zero-order valence-corrected chi connectivity index (χ0v) is 25.3. The molecule has 0 N–H and O–H groups in total. The number of furan rings is 1. The molecule has 4 nitrogen and oxygen atoms in total. The Bertz CT molecular complexity index is 2760. The van der Waals surface area contributed by atoms with Gasteiger partial charge in [0.05, 0.1) is 27.5 Å². The topological polar surface area (TPSA) is 35.9 Å². The molecule has 0 fully saturated rings. The molecule has 10 rings (SSSR count). The largest absolute Gasteiger partial charge is 0.455 e. The second kappa shape index (κ2) is 10.1. The molecule has 220 valence electrons. The van der Waals surface area contributed by atoms with Gasteiger partial charge in [-0.25, -0.2) is 4.98 Å². The van der Waals surface area contributed by atoms with Crippen molar-refractivity contribution in [3.05, 3.63) is 164 Å². The van der Waals surface area contributed by atoms with Crippen LogP contribution in [0.4, 0.5) is 0 Å². The molecular formula is C43H27N3O. The Balaban J connectivity index is 1.05. The maximum absolute atomic E-state index is 6.47. The van der Waals surface area contributed by atoms with E-state index in [-0.39, 0.29) is 0 Å². The first kappa shape index (κ1) is 25.9. The van der Waals surface area contributed by atoms with E-state index in [0.29, 0.717) is 0 Å². The minimum Gasteiger partial charge on any atom is -0.455 e. The van der Waals surface area contributed by atoms with E-state index >= 15 is 0 Å². The number of hydrogen-bond donors (Lipinski definition) is 0. The van der Waals surface area contributed by atoms with E-state index in [4.69, 9.17) is 9.40 Å². The Hall–Kier alpha value is -6.39. The summed E-state index contributed by atoms with van der Waals surface area (Å²) in [5.41, 5.74) is 11.8. The van der Waals surface area contributed by atoms with Gasteiger partial charge in [-0.2, -0.15) is 0 Å².